The Kier molecular flexibility index (Phi) is 3.70. The van der Waals surface area contributed by atoms with Crippen molar-refractivity contribution >= 4 is 11.9 Å². The lowest BCUT2D eigenvalue weighted by molar-refractivity contribution is -0.197. The maximum absolute atomic E-state index is 13.0. The Morgan fingerprint density at radius 2 is 1.64 bits per heavy atom. The molecule has 1 aliphatic heterocycles. The van der Waals surface area contributed by atoms with Crippen LogP contribution in [0.3, 0.4) is 0 Å². The average Bonchev–Trinajstić information content (AvgIpc) is 3.39. The topological polar surface area (TPSA) is 61.8 Å². The lowest BCUT2D eigenvalue weighted by atomic mass is 9.65. The van der Waals surface area contributed by atoms with Gasteiger partial charge in [-0.25, -0.2) is 0 Å². The summed E-state index contributed by atoms with van der Waals surface area (Å²) in [5.41, 5.74) is 0. The predicted octanol–water partition coefficient (Wildman–Crippen LogP) is 2.55. The normalized spacial score (nSPS) is 49.2. The van der Waals surface area contributed by atoms with Crippen molar-refractivity contribution in [2.75, 3.05) is 13.7 Å². The van der Waals surface area contributed by atoms with E-state index >= 15 is 0 Å². The first-order valence-corrected chi connectivity index (χ1v) is 9.77. The van der Waals surface area contributed by atoms with Gasteiger partial charge >= 0.3 is 11.9 Å². The summed E-state index contributed by atoms with van der Waals surface area (Å²) < 4.78 is 16.4. The highest BCUT2D eigenvalue weighted by Gasteiger charge is 2.68. The molecular weight excluding hydrogens is 320 g/mol. The molecule has 5 aliphatic rings. The molecule has 0 radical (unpaired) electrons. The van der Waals surface area contributed by atoms with E-state index in [9.17, 15) is 9.59 Å². The standard InChI is InChI=1S/C20H26O5/c1-23-19(21)17-12-9-13(16-11-6-5-10(8-11)15(12)16)18(17)20(22)25-14-4-2-3-7-24-14/h5-6,10-18H,2-4,7-9H2,1H3. The summed E-state index contributed by atoms with van der Waals surface area (Å²) in [4.78, 5) is 25.5. The quantitative estimate of drug-likeness (QED) is 0.446. The highest BCUT2D eigenvalue weighted by molar-refractivity contribution is 5.84. The summed E-state index contributed by atoms with van der Waals surface area (Å²) in [6, 6.07) is 0. The zero-order valence-corrected chi connectivity index (χ0v) is 14.6. The van der Waals surface area contributed by atoms with Crippen LogP contribution in [0.1, 0.15) is 32.1 Å². The molecule has 0 N–H and O–H groups in total. The lowest BCUT2D eigenvalue weighted by Crippen LogP contribution is -2.45. The number of esters is 2. The Balaban J connectivity index is 1.40. The summed E-state index contributed by atoms with van der Waals surface area (Å²) in [6.45, 7) is 0.647. The molecule has 0 aromatic rings. The first-order valence-electron chi connectivity index (χ1n) is 9.77. The maximum atomic E-state index is 13.0. The Hall–Kier alpha value is -1.36. The molecule has 5 nitrogen and oxygen atoms in total. The Morgan fingerprint density at radius 3 is 2.24 bits per heavy atom. The van der Waals surface area contributed by atoms with E-state index in [-0.39, 0.29) is 35.6 Å². The van der Waals surface area contributed by atoms with Crippen LogP contribution in [-0.2, 0) is 23.8 Å². The van der Waals surface area contributed by atoms with Crippen molar-refractivity contribution in [3.63, 3.8) is 0 Å². The minimum Gasteiger partial charge on any atom is -0.469 e. The van der Waals surface area contributed by atoms with Gasteiger partial charge in [-0.05, 0) is 61.2 Å². The number of allylic oxidation sites excluding steroid dienone is 2. The van der Waals surface area contributed by atoms with E-state index in [1.165, 1.54) is 13.5 Å². The second-order valence-electron chi connectivity index (χ2n) is 8.47. The van der Waals surface area contributed by atoms with Gasteiger partial charge in [0.1, 0.15) is 0 Å². The van der Waals surface area contributed by atoms with Crippen LogP contribution in [0.4, 0.5) is 0 Å². The molecule has 0 amide bonds. The summed E-state index contributed by atoms with van der Waals surface area (Å²) in [7, 11) is 1.43. The van der Waals surface area contributed by atoms with E-state index in [1.54, 1.807) is 0 Å². The third kappa shape index (κ3) is 2.24. The van der Waals surface area contributed by atoms with Crippen molar-refractivity contribution in [3.05, 3.63) is 12.2 Å². The highest BCUT2D eigenvalue weighted by Crippen LogP contribution is 2.69. The number of carbonyl (C=O) groups excluding carboxylic acids is 2. The largest absolute Gasteiger partial charge is 0.469 e. The van der Waals surface area contributed by atoms with Crippen LogP contribution in [0.5, 0.6) is 0 Å². The number of ether oxygens (including phenoxy) is 3. The molecule has 5 rings (SSSR count). The van der Waals surface area contributed by atoms with Crippen LogP contribution in [-0.4, -0.2) is 31.9 Å². The summed E-state index contributed by atoms with van der Waals surface area (Å²) in [5, 5.41) is 0. The molecule has 4 bridgehead atoms. The first-order chi connectivity index (χ1) is 12.2. The number of hydrogen-bond acceptors (Lipinski definition) is 5. The van der Waals surface area contributed by atoms with Crippen LogP contribution in [0, 0.1) is 47.3 Å². The second kappa shape index (κ2) is 5.83. The fraction of sp³-hybridized carbons (Fsp3) is 0.800. The van der Waals surface area contributed by atoms with Crippen molar-refractivity contribution in [1.82, 2.24) is 0 Å². The van der Waals surface area contributed by atoms with E-state index in [0.29, 0.717) is 30.3 Å². The van der Waals surface area contributed by atoms with Gasteiger partial charge in [-0.1, -0.05) is 12.2 Å². The summed E-state index contributed by atoms with van der Waals surface area (Å²) in [5.74, 6) is 1.66. The Labute approximate surface area is 148 Å². The van der Waals surface area contributed by atoms with Gasteiger partial charge in [0.25, 0.3) is 0 Å². The zero-order chi connectivity index (χ0) is 17.1. The fourth-order valence-corrected chi connectivity index (χ4v) is 6.83. The molecule has 3 saturated carbocycles. The van der Waals surface area contributed by atoms with Crippen LogP contribution in [0.2, 0.25) is 0 Å². The summed E-state index contributed by atoms with van der Waals surface area (Å²) >= 11 is 0. The van der Waals surface area contributed by atoms with E-state index in [4.69, 9.17) is 14.2 Å². The average molecular weight is 346 g/mol. The molecule has 1 saturated heterocycles. The molecule has 25 heavy (non-hydrogen) atoms. The smallest absolute Gasteiger partial charge is 0.312 e. The highest BCUT2D eigenvalue weighted by atomic mass is 16.7. The molecule has 5 heteroatoms. The minimum atomic E-state index is -0.436. The van der Waals surface area contributed by atoms with Gasteiger partial charge < -0.3 is 14.2 Å². The SMILES string of the molecule is COC(=O)C1C2CC(C1C(=O)OC1CCCCO1)C1C3C=CC(C3)C21. The molecule has 0 aromatic carbocycles. The molecule has 9 atom stereocenters. The molecule has 136 valence electrons. The van der Waals surface area contributed by atoms with Gasteiger partial charge in [0.2, 0.25) is 6.29 Å². The van der Waals surface area contributed by atoms with E-state index in [2.05, 4.69) is 12.2 Å². The van der Waals surface area contributed by atoms with E-state index < -0.39 is 6.29 Å². The van der Waals surface area contributed by atoms with Crippen LogP contribution < -0.4 is 0 Å². The number of fused-ring (bicyclic) bond motifs is 9. The van der Waals surface area contributed by atoms with Gasteiger partial charge in [0.15, 0.2) is 0 Å². The van der Waals surface area contributed by atoms with Crippen molar-refractivity contribution in [2.24, 2.45) is 47.3 Å². The molecule has 1 heterocycles. The number of carbonyl (C=O) groups is 2. The predicted molar refractivity (Wildman–Crippen MR) is 88.0 cm³/mol. The van der Waals surface area contributed by atoms with Gasteiger partial charge in [0.05, 0.1) is 25.6 Å². The Bertz CT molecular complexity index is 607. The van der Waals surface area contributed by atoms with Crippen LogP contribution in [0.15, 0.2) is 12.2 Å². The van der Waals surface area contributed by atoms with Crippen LogP contribution in [0.25, 0.3) is 0 Å². The third-order valence-corrected chi connectivity index (χ3v) is 7.56. The number of hydrogen-bond donors (Lipinski definition) is 0. The molecule has 0 aromatic heterocycles. The van der Waals surface area contributed by atoms with E-state index in [1.807, 2.05) is 0 Å². The molecular formula is C20H26O5. The zero-order valence-electron chi connectivity index (χ0n) is 14.6. The minimum absolute atomic E-state index is 0.232. The molecule has 9 unspecified atom stereocenters. The van der Waals surface area contributed by atoms with Gasteiger partial charge in [0, 0.05) is 6.42 Å². The van der Waals surface area contributed by atoms with Crippen molar-refractivity contribution in [1.29, 1.82) is 0 Å². The number of methoxy groups -OCH3 is 1. The molecule has 4 fully saturated rings. The third-order valence-electron chi connectivity index (χ3n) is 7.56. The fourth-order valence-electron chi connectivity index (χ4n) is 6.83. The van der Waals surface area contributed by atoms with Crippen molar-refractivity contribution < 1.29 is 23.8 Å². The molecule has 4 aliphatic carbocycles. The monoisotopic (exact) mass is 346 g/mol. The van der Waals surface area contributed by atoms with Gasteiger partial charge in [-0.15, -0.1) is 0 Å². The van der Waals surface area contributed by atoms with Crippen molar-refractivity contribution in [2.45, 2.75) is 38.4 Å². The van der Waals surface area contributed by atoms with Gasteiger partial charge in [-0.3, -0.25) is 9.59 Å². The first kappa shape index (κ1) is 15.9. The van der Waals surface area contributed by atoms with Gasteiger partial charge in [-0.2, -0.15) is 0 Å². The Morgan fingerprint density at radius 1 is 0.960 bits per heavy atom. The van der Waals surface area contributed by atoms with Crippen molar-refractivity contribution in [3.8, 4) is 0 Å². The molecule has 0 spiro atoms. The second-order valence-corrected chi connectivity index (χ2v) is 8.47. The maximum Gasteiger partial charge on any atom is 0.312 e. The summed E-state index contributed by atoms with van der Waals surface area (Å²) in [6.07, 6.45) is 9.21. The number of rotatable bonds is 3. The van der Waals surface area contributed by atoms with E-state index in [0.717, 1.165) is 25.7 Å². The lowest BCUT2D eigenvalue weighted by Gasteiger charge is -2.40. The van der Waals surface area contributed by atoms with Crippen LogP contribution >= 0.6 is 0 Å².